The standard InChI is InChI=1S/C28H25ClFN5O6S/c1-2-39-21-5-7-31-27-26(21)41-10-8-35(27)24-4-3-16-14-32-18(13-20(16)34-24)15-33-28(36)17-11-19(29)25-22(12-17)42(37,38)23(30)6-9-40-25/h3-5,7,11-14,23H,2,6,8-10,15H2,1H3,(H,33,36)/t23-/m1/s1. The number of rotatable bonds is 6. The molecule has 0 spiro atoms. The van der Waals surface area contributed by atoms with Gasteiger partial charge in [-0.15, -0.1) is 0 Å². The monoisotopic (exact) mass is 613 g/mol. The molecule has 3 aromatic heterocycles. The Labute approximate surface area is 245 Å². The summed E-state index contributed by atoms with van der Waals surface area (Å²) in [6, 6.07) is 9.65. The second kappa shape index (κ2) is 11.2. The number of fused-ring (bicyclic) bond motifs is 3. The molecule has 218 valence electrons. The molecule has 0 unspecified atom stereocenters. The zero-order chi connectivity index (χ0) is 29.4. The molecule has 11 nitrogen and oxygen atoms in total. The number of hydrogen-bond acceptors (Lipinski definition) is 10. The molecule has 6 rings (SSSR count). The molecule has 2 aliphatic heterocycles. The Morgan fingerprint density at radius 2 is 2.00 bits per heavy atom. The number of nitrogens with zero attached hydrogens (tertiary/aromatic N) is 4. The number of amides is 1. The molecule has 0 saturated carbocycles. The topological polar surface area (TPSA) is 133 Å². The lowest BCUT2D eigenvalue weighted by Crippen LogP contribution is -2.30. The number of aromatic nitrogens is 3. The maximum Gasteiger partial charge on any atom is 0.251 e. The van der Waals surface area contributed by atoms with Crippen molar-refractivity contribution in [3.63, 3.8) is 0 Å². The van der Waals surface area contributed by atoms with Crippen LogP contribution in [0.4, 0.5) is 16.0 Å². The maximum atomic E-state index is 14.3. The van der Waals surface area contributed by atoms with Crippen molar-refractivity contribution < 1.29 is 31.8 Å². The summed E-state index contributed by atoms with van der Waals surface area (Å²) < 4.78 is 56.4. The first-order chi connectivity index (χ1) is 20.3. The first-order valence-corrected chi connectivity index (χ1v) is 15.1. The van der Waals surface area contributed by atoms with Gasteiger partial charge in [-0.05, 0) is 37.3 Å². The highest BCUT2D eigenvalue weighted by atomic mass is 35.5. The molecule has 0 bridgehead atoms. The van der Waals surface area contributed by atoms with Gasteiger partial charge in [0.1, 0.15) is 17.3 Å². The summed E-state index contributed by atoms with van der Waals surface area (Å²) in [4.78, 5) is 28.2. The summed E-state index contributed by atoms with van der Waals surface area (Å²) >= 11 is 6.22. The number of benzene rings is 1. The van der Waals surface area contributed by atoms with Gasteiger partial charge in [-0.3, -0.25) is 9.78 Å². The number of anilines is 2. The number of pyridine rings is 3. The predicted molar refractivity (Wildman–Crippen MR) is 152 cm³/mol. The number of carbonyl (C=O) groups excluding carboxylic acids is 1. The third-order valence-corrected chi connectivity index (χ3v) is 8.90. The highest BCUT2D eigenvalue weighted by molar-refractivity contribution is 7.92. The van der Waals surface area contributed by atoms with E-state index >= 15 is 0 Å². The van der Waals surface area contributed by atoms with Crippen molar-refractivity contribution in [2.24, 2.45) is 0 Å². The van der Waals surface area contributed by atoms with Gasteiger partial charge in [-0.2, -0.15) is 0 Å². The van der Waals surface area contributed by atoms with Gasteiger partial charge in [0, 0.05) is 35.8 Å². The molecule has 14 heteroatoms. The Hall–Kier alpha value is -4.23. The summed E-state index contributed by atoms with van der Waals surface area (Å²) in [7, 11) is -4.36. The van der Waals surface area contributed by atoms with Gasteiger partial charge in [-0.1, -0.05) is 11.6 Å². The van der Waals surface area contributed by atoms with E-state index in [0.717, 1.165) is 11.5 Å². The van der Waals surface area contributed by atoms with E-state index in [4.69, 9.17) is 30.8 Å². The molecule has 0 saturated heterocycles. The number of halogens is 2. The van der Waals surface area contributed by atoms with Gasteiger partial charge in [0.25, 0.3) is 5.91 Å². The van der Waals surface area contributed by atoms with E-state index in [1.807, 2.05) is 24.0 Å². The second-order valence-corrected chi connectivity index (χ2v) is 11.9. The van der Waals surface area contributed by atoms with E-state index in [0.29, 0.717) is 54.1 Å². The van der Waals surface area contributed by atoms with Crippen LogP contribution in [0.3, 0.4) is 0 Å². The zero-order valence-corrected chi connectivity index (χ0v) is 23.9. The van der Waals surface area contributed by atoms with Crippen LogP contribution in [0.25, 0.3) is 10.9 Å². The van der Waals surface area contributed by atoms with Gasteiger partial charge in [0.2, 0.25) is 21.1 Å². The van der Waals surface area contributed by atoms with Crippen LogP contribution in [0.5, 0.6) is 17.2 Å². The zero-order valence-electron chi connectivity index (χ0n) is 22.3. The maximum absolute atomic E-state index is 14.3. The Morgan fingerprint density at radius 1 is 1.17 bits per heavy atom. The highest BCUT2D eigenvalue weighted by Gasteiger charge is 2.35. The Morgan fingerprint density at radius 3 is 2.83 bits per heavy atom. The van der Waals surface area contributed by atoms with Crippen molar-refractivity contribution >= 4 is 49.9 Å². The number of alkyl halides is 1. The fraction of sp³-hybridized carbons (Fsp3) is 0.286. The third-order valence-electron chi connectivity index (χ3n) is 6.79. The smallest absolute Gasteiger partial charge is 0.251 e. The van der Waals surface area contributed by atoms with Gasteiger partial charge >= 0.3 is 0 Å². The minimum absolute atomic E-state index is 0.0179. The van der Waals surface area contributed by atoms with E-state index in [1.54, 1.807) is 24.5 Å². The van der Waals surface area contributed by atoms with E-state index in [-0.39, 0.29) is 35.9 Å². The minimum Gasteiger partial charge on any atom is -0.490 e. The van der Waals surface area contributed by atoms with Crippen LogP contribution in [0.1, 0.15) is 29.4 Å². The third kappa shape index (κ3) is 5.13. The largest absolute Gasteiger partial charge is 0.490 e. The fourth-order valence-corrected chi connectivity index (χ4v) is 6.48. The van der Waals surface area contributed by atoms with Gasteiger partial charge in [0.15, 0.2) is 17.3 Å². The molecule has 0 radical (unpaired) electrons. The normalized spacial score (nSPS) is 17.3. The van der Waals surface area contributed by atoms with Crippen molar-refractivity contribution in [1.29, 1.82) is 0 Å². The van der Waals surface area contributed by atoms with Crippen LogP contribution >= 0.6 is 11.6 Å². The molecular formula is C28H25ClFN5O6S. The lowest BCUT2D eigenvalue weighted by molar-refractivity contribution is 0.0950. The SMILES string of the molecule is CCOc1ccnc2c1OCCN2c1ccc2cnc(CNC(=O)c3cc(Cl)c4c(c3)S(=O)(=O)[C@@H](F)CCO4)cc2n1. The lowest BCUT2D eigenvalue weighted by atomic mass is 10.2. The average molecular weight is 614 g/mol. The number of hydrogen-bond donors (Lipinski definition) is 1. The van der Waals surface area contributed by atoms with E-state index in [2.05, 4.69) is 15.3 Å². The lowest BCUT2D eigenvalue weighted by Gasteiger charge is -2.30. The summed E-state index contributed by atoms with van der Waals surface area (Å²) in [6.07, 6.45) is 2.98. The van der Waals surface area contributed by atoms with Crippen LogP contribution in [-0.2, 0) is 16.4 Å². The molecule has 1 amide bonds. The van der Waals surface area contributed by atoms with Gasteiger partial charge in [0.05, 0.1) is 42.5 Å². The summed E-state index contributed by atoms with van der Waals surface area (Å²) in [6.45, 7) is 3.23. The number of ether oxygens (including phenoxy) is 3. The predicted octanol–water partition coefficient (Wildman–Crippen LogP) is 4.39. The van der Waals surface area contributed by atoms with Crippen LogP contribution in [-0.4, -0.2) is 61.1 Å². The molecule has 1 atom stereocenters. The summed E-state index contributed by atoms with van der Waals surface area (Å²) in [5, 5.41) is 3.41. The molecule has 4 aromatic rings. The minimum atomic E-state index is -4.36. The molecule has 42 heavy (non-hydrogen) atoms. The van der Waals surface area contributed by atoms with E-state index < -0.39 is 26.1 Å². The van der Waals surface area contributed by atoms with Crippen molar-refractivity contribution in [1.82, 2.24) is 20.3 Å². The quantitative estimate of drug-likeness (QED) is 0.334. The molecule has 5 heterocycles. The van der Waals surface area contributed by atoms with Crippen molar-refractivity contribution in [2.45, 2.75) is 30.3 Å². The van der Waals surface area contributed by atoms with Gasteiger partial charge < -0.3 is 24.4 Å². The molecule has 1 N–H and O–H groups in total. The van der Waals surface area contributed by atoms with E-state index in [9.17, 15) is 17.6 Å². The first-order valence-electron chi connectivity index (χ1n) is 13.2. The number of nitrogens with one attached hydrogen (secondary N) is 1. The summed E-state index contributed by atoms with van der Waals surface area (Å²) in [5.41, 5.74) is -1.04. The van der Waals surface area contributed by atoms with E-state index in [1.165, 1.54) is 6.07 Å². The first kappa shape index (κ1) is 27.9. The average Bonchev–Trinajstić information content (AvgIpc) is 3.10. The molecule has 1 aromatic carbocycles. The van der Waals surface area contributed by atoms with Crippen molar-refractivity contribution in [3.8, 4) is 17.2 Å². The second-order valence-electron chi connectivity index (χ2n) is 9.49. The van der Waals surface area contributed by atoms with Crippen LogP contribution in [0, 0.1) is 0 Å². The summed E-state index contributed by atoms with van der Waals surface area (Å²) in [5.74, 6) is 1.67. The van der Waals surface area contributed by atoms with Crippen LogP contribution in [0.15, 0.2) is 53.7 Å². The molecule has 0 aliphatic carbocycles. The molecule has 0 fully saturated rings. The Kier molecular flexibility index (Phi) is 7.45. The highest BCUT2D eigenvalue weighted by Crippen LogP contribution is 2.41. The molecule has 2 aliphatic rings. The van der Waals surface area contributed by atoms with Crippen LogP contribution < -0.4 is 24.4 Å². The Balaban J connectivity index is 1.23. The number of sulfone groups is 1. The fourth-order valence-electron chi connectivity index (χ4n) is 4.75. The van der Waals surface area contributed by atoms with Gasteiger partial charge in [-0.25, -0.2) is 22.8 Å². The van der Waals surface area contributed by atoms with Crippen molar-refractivity contribution in [2.75, 3.05) is 31.3 Å². The Bertz CT molecular complexity index is 1810. The van der Waals surface area contributed by atoms with Crippen molar-refractivity contribution in [3.05, 3.63) is 65.1 Å². The molecular weight excluding hydrogens is 589 g/mol. The number of carbonyl (C=O) groups is 1. The van der Waals surface area contributed by atoms with Crippen LogP contribution in [0.2, 0.25) is 5.02 Å².